The molecule has 0 radical (unpaired) electrons. The maximum atomic E-state index is 14.5. The average molecular weight is 626 g/mol. The van der Waals surface area contributed by atoms with E-state index in [0.29, 0.717) is 18.8 Å². The zero-order valence-electron chi connectivity index (χ0n) is 22.1. The molecule has 220 valence electrons. The molecule has 1 saturated heterocycles. The van der Waals surface area contributed by atoms with Crippen LogP contribution < -0.4 is 15.1 Å². The minimum atomic E-state index is -2.86. The zero-order chi connectivity index (χ0) is 27.7. The summed E-state index contributed by atoms with van der Waals surface area (Å²) in [5.74, 6) is -4.28. The average Bonchev–Trinajstić information content (AvgIpc) is 3.28. The highest BCUT2D eigenvalue weighted by atomic mass is 35.5. The zero-order valence-corrected chi connectivity index (χ0v) is 24.9. The summed E-state index contributed by atoms with van der Waals surface area (Å²) < 4.78 is 41.6. The number of hydrogen-bond acceptors (Lipinski definition) is 5. The van der Waals surface area contributed by atoms with Crippen molar-refractivity contribution in [2.75, 3.05) is 9.80 Å². The summed E-state index contributed by atoms with van der Waals surface area (Å²) in [5.41, 5.74) is 0.418. The first kappa shape index (κ1) is 32.6. The molecule has 2 amide bonds. The molecule has 2 aromatic carbocycles. The van der Waals surface area contributed by atoms with Crippen LogP contribution in [-0.2, 0) is 9.59 Å². The van der Waals surface area contributed by atoms with Crippen LogP contribution in [0.4, 0.5) is 24.8 Å². The van der Waals surface area contributed by atoms with E-state index < -0.39 is 54.5 Å². The molecule has 1 saturated carbocycles. The number of nitrogens with one attached hydrogen (secondary N) is 1. The standard InChI is InChI=1S/C28H27ClF3N5O2.2H2S/c1-17-10-11-23(36(17)27-33-12-5-13-34-27)26(39)37(20-7-4-6-18(30)14-20)24(21-8-2-3-9-22(21)29)25(38)35-19-15-28(31,32)16-19;;/h2-9,12-14,17,19,23-24H,10-11,15-16H2,1H3,(H,35,38);2*1H2/t17-,23?,24-;;/m0../s1. The summed E-state index contributed by atoms with van der Waals surface area (Å²) in [4.78, 5) is 39.9. The summed E-state index contributed by atoms with van der Waals surface area (Å²) in [6, 6.07) is 10.6. The van der Waals surface area contributed by atoms with Crippen molar-refractivity contribution in [3.63, 3.8) is 0 Å². The normalized spacial score (nSPS) is 20.2. The predicted molar refractivity (Wildman–Crippen MR) is 162 cm³/mol. The highest BCUT2D eigenvalue weighted by Crippen LogP contribution is 2.40. The van der Waals surface area contributed by atoms with Crippen molar-refractivity contribution in [3.8, 4) is 0 Å². The van der Waals surface area contributed by atoms with Crippen molar-refractivity contribution in [1.29, 1.82) is 0 Å². The number of benzene rings is 2. The third kappa shape index (κ3) is 6.92. The summed E-state index contributed by atoms with van der Waals surface area (Å²) >= 11 is 6.53. The molecule has 0 spiro atoms. The molecule has 7 nitrogen and oxygen atoms in total. The quantitative estimate of drug-likeness (QED) is 0.373. The summed E-state index contributed by atoms with van der Waals surface area (Å²) in [5, 5.41) is 2.86. The van der Waals surface area contributed by atoms with Crippen LogP contribution in [0.25, 0.3) is 0 Å². The summed E-state index contributed by atoms with van der Waals surface area (Å²) in [6.45, 7) is 1.95. The number of amides is 2. The fourth-order valence-corrected chi connectivity index (χ4v) is 5.55. The molecule has 1 unspecified atom stereocenters. The van der Waals surface area contributed by atoms with E-state index in [0.717, 1.165) is 6.07 Å². The van der Waals surface area contributed by atoms with Gasteiger partial charge in [-0.15, -0.1) is 0 Å². The Morgan fingerprint density at radius 2 is 1.73 bits per heavy atom. The van der Waals surface area contributed by atoms with Gasteiger partial charge in [-0.3, -0.25) is 14.5 Å². The lowest BCUT2D eigenvalue weighted by Crippen LogP contribution is -2.56. The van der Waals surface area contributed by atoms with Gasteiger partial charge in [0.25, 0.3) is 11.8 Å². The molecule has 3 atom stereocenters. The van der Waals surface area contributed by atoms with Crippen LogP contribution in [0.2, 0.25) is 5.02 Å². The van der Waals surface area contributed by atoms with Gasteiger partial charge in [0.05, 0.1) is 0 Å². The Labute approximate surface area is 255 Å². The van der Waals surface area contributed by atoms with Gasteiger partial charge in [0.1, 0.15) is 17.9 Å². The Hall–Kier alpha value is -2.96. The van der Waals surface area contributed by atoms with Gasteiger partial charge in [0.2, 0.25) is 11.9 Å². The molecule has 0 bridgehead atoms. The molecule has 1 aromatic heterocycles. The van der Waals surface area contributed by atoms with Crippen LogP contribution in [0.1, 0.15) is 44.2 Å². The molecule has 41 heavy (non-hydrogen) atoms. The lowest BCUT2D eigenvalue weighted by molar-refractivity contribution is -0.133. The monoisotopic (exact) mass is 625 g/mol. The second-order valence-corrected chi connectivity index (χ2v) is 10.4. The Bertz CT molecular complexity index is 1370. The van der Waals surface area contributed by atoms with Crippen LogP contribution in [-0.4, -0.2) is 45.8 Å². The largest absolute Gasteiger partial charge is 0.351 e. The Kier molecular flexibility index (Phi) is 10.6. The summed E-state index contributed by atoms with van der Waals surface area (Å²) in [6.07, 6.45) is 3.26. The number of carbonyl (C=O) groups is 2. The van der Waals surface area contributed by atoms with Gasteiger partial charge in [-0.25, -0.2) is 23.1 Å². The Balaban J connectivity index is 0.00000231. The third-order valence-electron chi connectivity index (χ3n) is 7.20. The van der Waals surface area contributed by atoms with E-state index in [1.807, 2.05) is 6.92 Å². The molecule has 2 aliphatic rings. The summed E-state index contributed by atoms with van der Waals surface area (Å²) in [7, 11) is 0. The van der Waals surface area contributed by atoms with E-state index in [1.165, 1.54) is 23.1 Å². The lowest BCUT2D eigenvalue weighted by atomic mass is 9.87. The molecule has 2 heterocycles. The second kappa shape index (κ2) is 13.3. The van der Waals surface area contributed by atoms with Crippen LogP contribution in [0.5, 0.6) is 0 Å². The van der Waals surface area contributed by atoms with Crippen molar-refractivity contribution in [2.45, 2.75) is 62.7 Å². The van der Waals surface area contributed by atoms with Crippen LogP contribution in [0.3, 0.4) is 0 Å². The number of aromatic nitrogens is 2. The number of anilines is 2. The van der Waals surface area contributed by atoms with Crippen molar-refractivity contribution in [1.82, 2.24) is 15.3 Å². The van der Waals surface area contributed by atoms with Crippen LogP contribution in [0, 0.1) is 5.82 Å². The van der Waals surface area contributed by atoms with E-state index in [-0.39, 0.29) is 49.3 Å². The number of halogens is 4. The molecule has 1 aliphatic heterocycles. The topological polar surface area (TPSA) is 78.4 Å². The fourth-order valence-electron chi connectivity index (χ4n) is 5.32. The maximum Gasteiger partial charge on any atom is 0.252 e. The molecular formula is C28H31ClF3N5O2S2. The van der Waals surface area contributed by atoms with Crippen LogP contribution >= 0.6 is 38.6 Å². The molecule has 2 fully saturated rings. The number of carbonyl (C=O) groups excluding carboxylic acids is 2. The van der Waals surface area contributed by atoms with Gasteiger partial charge in [-0.05, 0) is 50.1 Å². The molecular weight excluding hydrogens is 595 g/mol. The van der Waals surface area contributed by atoms with Crippen molar-refractivity contribution in [3.05, 3.63) is 83.4 Å². The molecule has 13 heteroatoms. The number of nitrogens with zero attached hydrogens (tertiary/aromatic N) is 4. The first-order valence-electron chi connectivity index (χ1n) is 12.7. The number of hydrogen-bond donors (Lipinski definition) is 1. The van der Waals surface area contributed by atoms with Crippen molar-refractivity contribution in [2.24, 2.45) is 0 Å². The predicted octanol–water partition coefficient (Wildman–Crippen LogP) is 5.54. The van der Waals surface area contributed by atoms with Gasteiger partial charge in [0, 0.05) is 53.6 Å². The van der Waals surface area contributed by atoms with Gasteiger partial charge in [-0.2, -0.15) is 27.0 Å². The fraction of sp³-hybridized carbons (Fsp3) is 0.357. The molecule has 5 rings (SSSR count). The van der Waals surface area contributed by atoms with Gasteiger partial charge in [0.15, 0.2) is 0 Å². The first-order valence-corrected chi connectivity index (χ1v) is 13.1. The number of alkyl halides is 2. The van der Waals surface area contributed by atoms with Crippen molar-refractivity contribution < 1.29 is 22.8 Å². The molecule has 1 aliphatic carbocycles. The lowest BCUT2D eigenvalue weighted by Gasteiger charge is -2.39. The SMILES string of the molecule is C[C@H]1CCC(C(=O)N(c2cccc(F)c2)[C@H](C(=O)NC2CC(F)(F)C2)c2ccccc2Cl)N1c1ncccn1.S.S. The van der Waals surface area contributed by atoms with E-state index in [2.05, 4.69) is 15.3 Å². The van der Waals surface area contributed by atoms with Gasteiger partial charge in [-0.1, -0.05) is 35.9 Å². The van der Waals surface area contributed by atoms with Crippen LogP contribution in [0.15, 0.2) is 67.0 Å². The highest BCUT2D eigenvalue weighted by molar-refractivity contribution is 7.59. The van der Waals surface area contributed by atoms with E-state index in [9.17, 15) is 22.8 Å². The molecule has 1 N–H and O–H groups in total. The van der Waals surface area contributed by atoms with E-state index in [1.54, 1.807) is 47.6 Å². The first-order chi connectivity index (χ1) is 18.6. The highest BCUT2D eigenvalue weighted by Gasteiger charge is 2.48. The third-order valence-corrected chi connectivity index (χ3v) is 7.55. The van der Waals surface area contributed by atoms with Gasteiger partial charge < -0.3 is 10.2 Å². The second-order valence-electron chi connectivity index (χ2n) is 9.98. The van der Waals surface area contributed by atoms with E-state index in [4.69, 9.17) is 11.6 Å². The van der Waals surface area contributed by atoms with Crippen molar-refractivity contribution >= 4 is 62.0 Å². The van der Waals surface area contributed by atoms with Gasteiger partial charge >= 0.3 is 0 Å². The minimum Gasteiger partial charge on any atom is -0.351 e. The Morgan fingerprint density at radius 1 is 1.05 bits per heavy atom. The van der Waals surface area contributed by atoms with E-state index >= 15 is 0 Å². The Morgan fingerprint density at radius 3 is 2.37 bits per heavy atom. The maximum absolute atomic E-state index is 14.5. The minimum absolute atomic E-state index is 0. The smallest absolute Gasteiger partial charge is 0.252 e. The number of rotatable bonds is 7. The molecule has 3 aromatic rings.